The van der Waals surface area contributed by atoms with Crippen molar-refractivity contribution in [2.75, 3.05) is 18.4 Å². The number of nitrogens with one attached hydrogen (secondary N) is 2. The summed E-state index contributed by atoms with van der Waals surface area (Å²) in [6.45, 7) is 5.92. The van der Waals surface area contributed by atoms with Gasteiger partial charge in [-0.15, -0.1) is 0 Å². The van der Waals surface area contributed by atoms with E-state index in [1.165, 1.54) is 42.7 Å². The van der Waals surface area contributed by atoms with Gasteiger partial charge in [0.25, 0.3) is 0 Å². The summed E-state index contributed by atoms with van der Waals surface area (Å²) in [7, 11) is -3.74. The molecule has 0 unspecified atom stereocenters. The van der Waals surface area contributed by atoms with Crippen LogP contribution in [0.1, 0.15) is 30.9 Å². The number of piperidine rings is 1. The van der Waals surface area contributed by atoms with Gasteiger partial charge < -0.3 is 10.6 Å². The van der Waals surface area contributed by atoms with Gasteiger partial charge in [0.1, 0.15) is 0 Å². The lowest BCUT2D eigenvalue weighted by Gasteiger charge is -2.30. The molecule has 8 heteroatoms. The maximum absolute atomic E-state index is 12.1. The van der Waals surface area contributed by atoms with E-state index in [1.54, 1.807) is 0 Å². The molecule has 0 radical (unpaired) electrons. The average molecular weight is 417 g/mol. The lowest BCUT2D eigenvalue weighted by Crippen LogP contribution is -2.32. The lowest BCUT2D eigenvalue weighted by molar-refractivity contribution is 0.185. The fourth-order valence-corrected chi connectivity index (χ4v) is 3.92. The molecule has 1 fully saturated rings. The molecule has 1 saturated heterocycles. The van der Waals surface area contributed by atoms with Gasteiger partial charge in [0.2, 0.25) is 10.0 Å². The van der Waals surface area contributed by atoms with Gasteiger partial charge in [-0.3, -0.25) is 4.90 Å². The molecule has 2 aromatic rings. The Balaban J connectivity index is 1.50. The Morgan fingerprint density at radius 2 is 1.76 bits per heavy atom. The Morgan fingerprint density at radius 3 is 2.41 bits per heavy atom. The number of nitrogens with zero attached hydrogens (tertiary/aromatic N) is 1. The molecule has 29 heavy (non-hydrogen) atoms. The minimum absolute atomic E-state index is 0.00318. The molecule has 0 saturated carbocycles. The number of hydrogen-bond acceptors (Lipinski definition) is 4. The summed E-state index contributed by atoms with van der Waals surface area (Å²) in [6, 6.07) is 13.6. The minimum Gasteiger partial charge on any atom is -0.334 e. The first-order chi connectivity index (χ1) is 13.8. The molecule has 2 aromatic carbocycles. The van der Waals surface area contributed by atoms with Crippen molar-refractivity contribution in [3.05, 3.63) is 59.7 Å². The third-order valence-electron chi connectivity index (χ3n) is 5.17. The minimum atomic E-state index is -3.74. The topological polar surface area (TPSA) is 105 Å². The molecular formula is C21H28N4O3S. The van der Waals surface area contributed by atoms with Crippen LogP contribution in [-0.4, -0.2) is 32.4 Å². The predicted octanol–water partition coefficient (Wildman–Crippen LogP) is 2.89. The van der Waals surface area contributed by atoms with E-state index in [-0.39, 0.29) is 10.9 Å². The second kappa shape index (κ2) is 9.39. The number of nitrogens with two attached hydrogens (primary N) is 1. The van der Waals surface area contributed by atoms with Crippen molar-refractivity contribution in [3.63, 3.8) is 0 Å². The van der Waals surface area contributed by atoms with Crippen molar-refractivity contribution < 1.29 is 13.2 Å². The maximum Gasteiger partial charge on any atom is 0.319 e. The molecule has 1 aliphatic heterocycles. The zero-order chi connectivity index (χ0) is 20.9. The Hall–Kier alpha value is -2.42. The summed E-state index contributed by atoms with van der Waals surface area (Å²) in [5.41, 5.74) is 2.77. The lowest BCUT2D eigenvalue weighted by atomic mass is 9.98. The largest absolute Gasteiger partial charge is 0.334 e. The van der Waals surface area contributed by atoms with E-state index >= 15 is 0 Å². The standard InChI is InChI=1S/C21H28N4O3S/c1-16-9-11-25(12-10-16)15-18-4-2-3-17(13-18)14-23-21(26)24-19-5-7-20(8-6-19)29(22,27)28/h2-8,13,16H,9-12,14-15H2,1H3,(H2,22,27,28)(H2,23,24,26). The monoisotopic (exact) mass is 416 g/mol. The van der Waals surface area contributed by atoms with Crippen LogP contribution in [0.15, 0.2) is 53.4 Å². The highest BCUT2D eigenvalue weighted by Crippen LogP contribution is 2.18. The van der Waals surface area contributed by atoms with Gasteiger partial charge in [0.05, 0.1) is 4.90 Å². The number of likely N-dealkylation sites (tertiary alicyclic amines) is 1. The molecule has 3 rings (SSSR count). The SMILES string of the molecule is CC1CCN(Cc2cccc(CNC(=O)Nc3ccc(S(N)(=O)=O)cc3)c2)CC1. The van der Waals surface area contributed by atoms with E-state index in [9.17, 15) is 13.2 Å². The fraction of sp³-hybridized carbons (Fsp3) is 0.381. The van der Waals surface area contributed by atoms with Crippen molar-refractivity contribution in [3.8, 4) is 0 Å². The Labute approximate surface area is 172 Å². The van der Waals surface area contributed by atoms with Crippen molar-refractivity contribution in [2.45, 2.75) is 37.8 Å². The van der Waals surface area contributed by atoms with E-state index in [2.05, 4.69) is 34.6 Å². The molecule has 1 aliphatic rings. The number of anilines is 1. The molecule has 0 atom stereocenters. The van der Waals surface area contributed by atoms with Crippen LogP contribution in [0.2, 0.25) is 0 Å². The third-order valence-corrected chi connectivity index (χ3v) is 6.10. The van der Waals surface area contributed by atoms with Gasteiger partial charge in [-0.2, -0.15) is 0 Å². The summed E-state index contributed by atoms with van der Waals surface area (Å²) in [4.78, 5) is 14.6. The van der Waals surface area contributed by atoms with E-state index in [1.807, 2.05) is 12.1 Å². The Morgan fingerprint density at radius 1 is 1.10 bits per heavy atom. The quantitative estimate of drug-likeness (QED) is 0.673. The van der Waals surface area contributed by atoms with Gasteiger partial charge >= 0.3 is 6.03 Å². The summed E-state index contributed by atoms with van der Waals surface area (Å²) in [6.07, 6.45) is 2.50. The first-order valence-corrected chi connectivity index (χ1v) is 11.3. The fourth-order valence-electron chi connectivity index (χ4n) is 3.40. The highest BCUT2D eigenvalue weighted by molar-refractivity contribution is 7.89. The first-order valence-electron chi connectivity index (χ1n) is 9.77. The van der Waals surface area contributed by atoms with Gasteiger partial charge in [0, 0.05) is 18.8 Å². The smallest absolute Gasteiger partial charge is 0.319 e. The molecular weight excluding hydrogens is 388 g/mol. The van der Waals surface area contributed by atoms with Crippen LogP contribution in [-0.2, 0) is 23.1 Å². The van der Waals surface area contributed by atoms with E-state index in [0.29, 0.717) is 12.2 Å². The number of carbonyl (C=O) groups is 1. The van der Waals surface area contributed by atoms with Gasteiger partial charge in [0.15, 0.2) is 0 Å². The second-order valence-corrected chi connectivity index (χ2v) is 9.22. The molecule has 0 bridgehead atoms. The zero-order valence-electron chi connectivity index (χ0n) is 16.6. The van der Waals surface area contributed by atoms with Gasteiger partial charge in [-0.25, -0.2) is 18.4 Å². The molecule has 4 N–H and O–H groups in total. The molecule has 2 amide bonds. The van der Waals surface area contributed by atoms with E-state index < -0.39 is 10.0 Å². The first kappa shape index (κ1) is 21.3. The van der Waals surface area contributed by atoms with Crippen molar-refractivity contribution >= 4 is 21.7 Å². The summed E-state index contributed by atoms with van der Waals surface area (Å²) in [5.74, 6) is 0.816. The van der Waals surface area contributed by atoms with E-state index in [0.717, 1.165) is 31.1 Å². The second-order valence-electron chi connectivity index (χ2n) is 7.66. The number of sulfonamides is 1. The normalized spacial score (nSPS) is 15.8. The highest BCUT2D eigenvalue weighted by Gasteiger charge is 2.15. The number of urea groups is 1. The Bertz CT molecular complexity index is 937. The molecule has 156 valence electrons. The van der Waals surface area contributed by atoms with Crippen LogP contribution in [0.3, 0.4) is 0 Å². The molecule has 0 spiro atoms. The number of rotatable bonds is 6. The zero-order valence-corrected chi connectivity index (χ0v) is 17.4. The number of carbonyl (C=O) groups excluding carboxylic acids is 1. The molecule has 0 aliphatic carbocycles. The van der Waals surface area contributed by atoms with Gasteiger partial charge in [-0.1, -0.05) is 31.2 Å². The summed E-state index contributed by atoms with van der Waals surface area (Å²) in [5, 5.41) is 10.6. The van der Waals surface area contributed by atoms with Crippen molar-refractivity contribution in [1.29, 1.82) is 0 Å². The van der Waals surface area contributed by atoms with Crippen LogP contribution >= 0.6 is 0 Å². The number of amides is 2. The summed E-state index contributed by atoms with van der Waals surface area (Å²) >= 11 is 0. The van der Waals surface area contributed by atoms with Gasteiger partial charge in [-0.05, 0) is 67.2 Å². The predicted molar refractivity (Wildman–Crippen MR) is 114 cm³/mol. The average Bonchev–Trinajstić information content (AvgIpc) is 2.68. The van der Waals surface area contributed by atoms with Crippen LogP contribution < -0.4 is 15.8 Å². The molecule has 7 nitrogen and oxygen atoms in total. The third kappa shape index (κ3) is 6.56. The van der Waals surface area contributed by atoms with Crippen LogP contribution in [0, 0.1) is 5.92 Å². The Kier molecular flexibility index (Phi) is 6.89. The molecule has 0 aromatic heterocycles. The van der Waals surface area contributed by atoms with E-state index in [4.69, 9.17) is 5.14 Å². The number of hydrogen-bond donors (Lipinski definition) is 3. The highest BCUT2D eigenvalue weighted by atomic mass is 32.2. The molecule has 1 heterocycles. The van der Waals surface area contributed by atoms with Crippen molar-refractivity contribution in [2.24, 2.45) is 11.1 Å². The number of benzene rings is 2. The van der Waals surface area contributed by atoms with Crippen LogP contribution in [0.4, 0.5) is 10.5 Å². The number of primary sulfonamides is 1. The summed E-state index contributed by atoms with van der Waals surface area (Å²) < 4.78 is 22.5. The van der Waals surface area contributed by atoms with Crippen LogP contribution in [0.25, 0.3) is 0 Å². The maximum atomic E-state index is 12.1. The van der Waals surface area contributed by atoms with Crippen molar-refractivity contribution in [1.82, 2.24) is 10.2 Å². The van der Waals surface area contributed by atoms with Crippen LogP contribution in [0.5, 0.6) is 0 Å².